The summed E-state index contributed by atoms with van der Waals surface area (Å²) in [5.41, 5.74) is 2.69. The van der Waals surface area contributed by atoms with Crippen molar-refractivity contribution in [1.82, 2.24) is 9.88 Å². The molecular formula is C17H24N2O. The molecule has 1 fully saturated rings. The van der Waals surface area contributed by atoms with Crippen LogP contribution in [0.5, 0.6) is 0 Å². The van der Waals surface area contributed by atoms with Crippen molar-refractivity contribution in [2.24, 2.45) is 0 Å². The standard InChI is InChI=1S/C17H24N2O/c1-18-13-14-6-7-17-15(12-14)8-10-19(17)9-2-4-16-5-3-11-20-16/h6-8,10,12,16,18H,2-5,9,11,13H2,1H3. The van der Waals surface area contributed by atoms with Crippen LogP contribution in [0, 0.1) is 0 Å². The first-order chi connectivity index (χ1) is 9.86. The van der Waals surface area contributed by atoms with Crippen molar-refractivity contribution in [1.29, 1.82) is 0 Å². The van der Waals surface area contributed by atoms with Crippen molar-refractivity contribution < 1.29 is 4.74 Å². The van der Waals surface area contributed by atoms with E-state index in [-0.39, 0.29) is 0 Å². The topological polar surface area (TPSA) is 26.2 Å². The van der Waals surface area contributed by atoms with Crippen molar-refractivity contribution in [2.75, 3.05) is 13.7 Å². The molecule has 1 aliphatic heterocycles. The largest absolute Gasteiger partial charge is 0.378 e. The van der Waals surface area contributed by atoms with Gasteiger partial charge < -0.3 is 14.6 Å². The lowest BCUT2D eigenvalue weighted by Gasteiger charge is -2.10. The Kier molecular flexibility index (Phi) is 4.38. The lowest BCUT2D eigenvalue weighted by atomic mass is 10.1. The molecule has 3 heteroatoms. The molecule has 1 unspecified atom stereocenters. The lowest BCUT2D eigenvalue weighted by Crippen LogP contribution is -2.07. The van der Waals surface area contributed by atoms with Gasteiger partial charge in [-0.2, -0.15) is 0 Å². The summed E-state index contributed by atoms with van der Waals surface area (Å²) >= 11 is 0. The predicted molar refractivity (Wildman–Crippen MR) is 82.9 cm³/mol. The SMILES string of the molecule is CNCc1ccc2c(ccn2CCCC2CCCO2)c1. The fourth-order valence-corrected chi connectivity index (χ4v) is 3.12. The maximum atomic E-state index is 5.69. The molecule has 2 heterocycles. The van der Waals surface area contributed by atoms with Gasteiger partial charge in [-0.25, -0.2) is 0 Å². The molecule has 0 spiro atoms. The number of hydrogen-bond donors (Lipinski definition) is 1. The summed E-state index contributed by atoms with van der Waals surface area (Å²) in [5, 5.41) is 4.54. The first-order valence-electron chi connectivity index (χ1n) is 7.71. The highest BCUT2D eigenvalue weighted by Crippen LogP contribution is 2.20. The minimum absolute atomic E-state index is 0.513. The molecule has 1 atom stereocenters. The highest BCUT2D eigenvalue weighted by Gasteiger charge is 2.14. The van der Waals surface area contributed by atoms with E-state index < -0.39 is 0 Å². The van der Waals surface area contributed by atoms with Gasteiger partial charge >= 0.3 is 0 Å². The summed E-state index contributed by atoms with van der Waals surface area (Å²) in [6.07, 6.45) is 7.61. The number of ether oxygens (including phenoxy) is 1. The number of nitrogens with zero attached hydrogens (tertiary/aromatic N) is 1. The molecular weight excluding hydrogens is 248 g/mol. The summed E-state index contributed by atoms with van der Waals surface area (Å²) in [5.74, 6) is 0. The zero-order valence-corrected chi connectivity index (χ0v) is 12.3. The van der Waals surface area contributed by atoms with E-state index in [4.69, 9.17) is 4.74 Å². The van der Waals surface area contributed by atoms with Gasteiger partial charge in [0, 0.05) is 31.4 Å². The number of hydrogen-bond acceptors (Lipinski definition) is 2. The zero-order chi connectivity index (χ0) is 13.8. The van der Waals surface area contributed by atoms with Crippen LogP contribution in [0.4, 0.5) is 0 Å². The molecule has 1 saturated heterocycles. The van der Waals surface area contributed by atoms with Gasteiger partial charge in [0.25, 0.3) is 0 Å². The van der Waals surface area contributed by atoms with Crippen LogP contribution in [0.3, 0.4) is 0 Å². The Morgan fingerprint density at radius 3 is 3.10 bits per heavy atom. The van der Waals surface area contributed by atoms with Crippen LogP contribution in [-0.4, -0.2) is 24.3 Å². The second-order valence-electron chi connectivity index (χ2n) is 5.71. The van der Waals surface area contributed by atoms with Crippen LogP contribution in [0.2, 0.25) is 0 Å². The molecule has 0 amide bonds. The zero-order valence-electron chi connectivity index (χ0n) is 12.3. The van der Waals surface area contributed by atoms with Crippen molar-refractivity contribution in [2.45, 2.75) is 44.9 Å². The van der Waals surface area contributed by atoms with Gasteiger partial charge in [-0.3, -0.25) is 0 Å². The Balaban J connectivity index is 1.62. The molecule has 2 aromatic rings. The van der Waals surface area contributed by atoms with E-state index in [0.29, 0.717) is 6.10 Å². The van der Waals surface area contributed by atoms with Gasteiger partial charge in [0.05, 0.1) is 6.10 Å². The summed E-state index contributed by atoms with van der Waals surface area (Å²) in [6.45, 7) is 2.99. The van der Waals surface area contributed by atoms with Gasteiger partial charge in [0.15, 0.2) is 0 Å². The molecule has 1 N–H and O–H groups in total. The molecule has 20 heavy (non-hydrogen) atoms. The van der Waals surface area contributed by atoms with E-state index in [1.807, 2.05) is 7.05 Å². The van der Waals surface area contributed by atoms with Crippen LogP contribution in [0.15, 0.2) is 30.5 Å². The number of aromatic nitrogens is 1. The Labute approximate surface area is 120 Å². The Bertz CT molecular complexity index is 555. The lowest BCUT2D eigenvalue weighted by molar-refractivity contribution is 0.101. The molecule has 0 saturated carbocycles. The molecule has 3 nitrogen and oxygen atoms in total. The van der Waals surface area contributed by atoms with Gasteiger partial charge in [0.2, 0.25) is 0 Å². The third-order valence-corrected chi connectivity index (χ3v) is 4.17. The van der Waals surface area contributed by atoms with Crippen LogP contribution >= 0.6 is 0 Å². The van der Waals surface area contributed by atoms with Crippen LogP contribution in [0.25, 0.3) is 10.9 Å². The van der Waals surface area contributed by atoms with Crippen molar-refractivity contribution >= 4 is 10.9 Å². The first kappa shape index (κ1) is 13.7. The average molecular weight is 272 g/mol. The monoisotopic (exact) mass is 272 g/mol. The molecule has 0 bridgehead atoms. The second kappa shape index (κ2) is 6.42. The smallest absolute Gasteiger partial charge is 0.0576 e. The Morgan fingerprint density at radius 2 is 2.30 bits per heavy atom. The van der Waals surface area contributed by atoms with Crippen molar-refractivity contribution in [3.8, 4) is 0 Å². The number of rotatable bonds is 6. The van der Waals surface area contributed by atoms with Crippen molar-refractivity contribution in [3.05, 3.63) is 36.0 Å². The number of nitrogens with one attached hydrogen (secondary N) is 1. The van der Waals surface area contributed by atoms with E-state index in [1.54, 1.807) is 0 Å². The number of benzene rings is 1. The van der Waals surface area contributed by atoms with Gasteiger partial charge in [-0.15, -0.1) is 0 Å². The minimum atomic E-state index is 0.513. The van der Waals surface area contributed by atoms with Crippen LogP contribution in [0.1, 0.15) is 31.2 Å². The minimum Gasteiger partial charge on any atom is -0.378 e. The Morgan fingerprint density at radius 1 is 1.35 bits per heavy atom. The third-order valence-electron chi connectivity index (χ3n) is 4.17. The number of fused-ring (bicyclic) bond motifs is 1. The molecule has 1 aliphatic rings. The van der Waals surface area contributed by atoms with Crippen LogP contribution < -0.4 is 5.32 Å². The fourth-order valence-electron chi connectivity index (χ4n) is 3.12. The van der Waals surface area contributed by atoms with E-state index in [0.717, 1.165) is 19.7 Å². The summed E-state index contributed by atoms with van der Waals surface area (Å²) < 4.78 is 8.05. The highest BCUT2D eigenvalue weighted by atomic mass is 16.5. The van der Waals surface area contributed by atoms with Crippen LogP contribution in [-0.2, 0) is 17.8 Å². The summed E-state index contributed by atoms with van der Waals surface area (Å²) in [7, 11) is 1.99. The predicted octanol–water partition coefficient (Wildman–Crippen LogP) is 3.32. The fraction of sp³-hybridized carbons (Fsp3) is 0.529. The molecule has 0 radical (unpaired) electrons. The highest BCUT2D eigenvalue weighted by molar-refractivity contribution is 5.80. The molecule has 0 aliphatic carbocycles. The normalized spacial score (nSPS) is 18.9. The molecule has 3 rings (SSSR count). The molecule has 1 aromatic heterocycles. The quantitative estimate of drug-likeness (QED) is 0.873. The molecule has 108 valence electrons. The maximum Gasteiger partial charge on any atom is 0.0576 e. The van der Waals surface area contributed by atoms with Crippen molar-refractivity contribution in [3.63, 3.8) is 0 Å². The van der Waals surface area contributed by atoms with Gasteiger partial charge in [-0.1, -0.05) is 6.07 Å². The third kappa shape index (κ3) is 3.05. The average Bonchev–Trinajstić information content (AvgIpc) is 3.09. The summed E-state index contributed by atoms with van der Waals surface area (Å²) in [4.78, 5) is 0. The first-order valence-corrected chi connectivity index (χ1v) is 7.71. The van der Waals surface area contributed by atoms with Gasteiger partial charge in [0.1, 0.15) is 0 Å². The van der Waals surface area contributed by atoms with Gasteiger partial charge in [-0.05, 0) is 61.9 Å². The van der Waals surface area contributed by atoms with E-state index in [1.165, 1.54) is 42.1 Å². The van der Waals surface area contributed by atoms with E-state index in [9.17, 15) is 0 Å². The maximum absolute atomic E-state index is 5.69. The second-order valence-corrected chi connectivity index (χ2v) is 5.71. The molecule has 1 aromatic carbocycles. The summed E-state index contributed by atoms with van der Waals surface area (Å²) in [6, 6.07) is 8.96. The van der Waals surface area contributed by atoms with E-state index >= 15 is 0 Å². The van der Waals surface area contributed by atoms with E-state index in [2.05, 4.69) is 40.3 Å². The Hall–Kier alpha value is -1.32. The number of aryl methyl sites for hydroxylation is 1.